The van der Waals surface area contributed by atoms with E-state index in [1.807, 2.05) is 48.5 Å². The average Bonchev–Trinajstić information content (AvgIpc) is 3.66. The Hall–Kier alpha value is -4.31. The Labute approximate surface area is 223 Å². The molecule has 2 aromatic carbocycles. The second kappa shape index (κ2) is 9.77. The lowest BCUT2D eigenvalue weighted by atomic mass is 10.0. The third-order valence-electron chi connectivity index (χ3n) is 7.02. The van der Waals surface area contributed by atoms with Gasteiger partial charge in [-0.1, -0.05) is 36.4 Å². The number of aliphatic hydroxyl groups excluding tert-OH is 1. The van der Waals surface area contributed by atoms with Crippen LogP contribution in [0.4, 0.5) is 4.39 Å². The van der Waals surface area contributed by atoms with E-state index in [9.17, 15) is 5.11 Å². The van der Waals surface area contributed by atoms with Gasteiger partial charge in [0.2, 0.25) is 0 Å². The standard InChI is InChI=1S/C30H24FN3O5/c31-22-13-23-24(14-27(33-23)39-26-16-37-29-25(35)15-36-30(26)29)34-28(22)19-3-1-17(2-4-19)18-5-7-20(8-6-18)38-21-9-11-32-12-10-21/h1-14,25-26,29-30,33,35H,15-16H2/t25-,26-,29-,30-/m1/s1. The van der Waals surface area contributed by atoms with Gasteiger partial charge < -0.3 is 29.0 Å². The molecule has 196 valence electrons. The molecule has 2 aliphatic rings. The fraction of sp³-hybridized carbons (Fsp3) is 0.200. The number of ether oxygens (including phenoxy) is 4. The molecule has 0 unspecified atom stereocenters. The second-order valence-corrected chi connectivity index (χ2v) is 9.59. The van der Waals surface area contributed by atoms with Crippen molar-refractivity contribution >= 4 is 11.0 Å². The monoisotopic (exact) mass is 525 g/mol. The zero-order valence-corrected chi connectivity index (χ0v) is 20.7. The first-order valence-corrected chi connectivity index (χ1v) is 12.7. The van der Waals surface area contributed by atoms with Crippen LogP contribution in [-0.2, 0) is 9.47 Å². The number of aromatic nitrogens is 3. The number of aromatic amines is 1. The number of H-pyrrole nitrogens is 1. The molecule has 2 aliphatic heterocycles. The quantitative estimate of drug-likeness (QED) is 0.317. The second-order valence-electron chi connectivity index (χ2n) is 9.59. The Balaban J connectivity index is 1.08. The largest absolute Gasteiger partial charge is 0.470 e. The number of benzene rings is 2. The Bertz CT molecular complexity index is 1610. The number of halogens is 1. The van der Waals surface area contributed by atoms with Gasteiger partial charge in [-0.2, -0.15) is 0 Å². The first-order valence-electron chi connectivity index (χ1n) is 12.7. The van der Waals surface area contributed by atoms with Gasteiger partial charge in [0.15, 0.2) is 17.8 Å². The number of rotatable bonds is 6. The summed E-state index contributed by atoms with van der Waals surface area (Å²) >= 11 is 0. The van der Waals surface area contributed by atoms with Gasteiger partial charge in [0.1, 0.15) is 35.5 Å². The third-order valence-corrected chi connectivity index (χ3v) is 7.02. The summed E-state index contributed by atoms with van der Waals surface area (Å²) in [4.78, 5) is 11.6. The van der Waals surface area contributed by atoms with E-state index in [4.69, 9.17) is 18.9 Å². The van der Waals surface area contributed by atoms with Crippen LogP contribution in [0.15, 0.2) is 85.2 Å². The van der Waals surface area contributed by atoms with Crippen LogP contribution >= 0.6 is 0 Å². The normalized spacial score (nSPS) is 22.2. The summed E-state index contributed by atoms with van der Waals surface area (Å²) in [5.74, 6) is 1.45. The molecule has 4 atom stereocenters. The predicted octanol–water partition coefficient (Wildman–Crippen LogP) is 5.13. The first kappa shape index (κ1) is 23.8. The molecule has 8 nitrogen and oxygen atoms in total. The van der Waals surface area contributed by atoms with Crippen molar-refractivity contribution < 1.29 is 28.4 Å². The molecule has 0 saturated carbocycles. The van der Waals surface area contributed by atoms with Crippen LogP contribution in [0.5, 0.6) is 17.4 Å². The smallest absolute Gasteiger partial charge is 0.193 e. The summed E-state index contributed by atoms with van der Waals surface area (Å²) in [6, 6.07) is 22.1. The van der Waals surface area contributed by atoms with Crippen molar-refractivity contribution in [2.75, 3.05) is 13.2 Å². The number of hydrogen-bond acceptors (Lipinski definition) is 7. The van der Waals surface area contributed by atoms with Gasteiger partial charge in [-0.05, 0) is 35.4 Å². The fourth-order valence-corrected chi connectivity index (χ4v) is 5.06. The molecule has 0 radical (unpaired) electrons. The molecular formula is C30H24FN3O5. The molecule has 0 bridgehead atoms. The average molecular weight is 526 g/mol. The lowest BCUT2D eigenvalue weighted by molar-refractivity contribution is 0.00794. The molecule has 0 aliphatic carbocycles. The Morgan fingerprint density at radius 1 is 0.821 bits per heavy atom. The lowest BCUT2D eigenvalue weighted by Gasteiger charge is -2.16. The molecule has 5 aromatic rings. The van der Waals surface area contributed by atoms with Crippen molar-refractivity contribution in [2.24, 2.45) is 0 Å². The van der Waals surface area contributed by atoms with E-state index in [0.717, 1.165) is 22.6 Å². The number of aliphatic hydroxyl groups is 1. The van der Waals surface area contributed by atoms with E-state index in [1.165, 1.54) is 6.07 Å². The van der Waals surface area contributed by atoms with Crippen LogP contribution in [0, 0.1) is 5.82 Å². The summed E-state index contributed by atoms with van der Waals surface area (Å²) in [5.41, 5.74) is 4.03. The Kier molecular flexibility index (Phi) is 5.96. The molecular weight excluding hydrogens is 501 g/mol. The number of fused-ring (bicyclic) bond motifs is 2. The van der Waals surface area contributed by atoms with E-state index in [-0.39, 0.29) is 30.6 Å². The topological polar surface area (TPSA) is 98.7 Å². The molecule has 0 amide bonds. The highest BCUT2D eigenvalue weighted by Gasteiger charge is 2.48. The SMILES string of the molecule is O[C@@H]1CO[C@H]2[C@@H]1OC[C@H]2Oc1cc2nc(-c3ccc(-c4ccc(Oc5ccncc5)cc4)cc3)c(F)cc2[nH]1. The van der Waals surface area contributed by atoms with Crippen molar-refractivity contribution in [2.45, 2.75) is 24.4 Å². The van der Waals surface area contributed by atoms with Gasteiger partial charge >= 0.3 is 0 Å². The number of pyridine rings is 2. The minimum absolute atomic E-state index is 0.225. The Morgan fingerprint density at radius 2 is 1.49 bits per heavy atom. The maximum Gasteiger partial charge on any atom is 0.193 e. The minimum atomic E-state index is -0.651. The molecule has 7 rings (SSSR count). The van der Waals surface area contributed by atoms with E-state index in [1.54, 1.807) is 30.6 Å². The fourth-order valence-electron chi connectivity index (χ4n) is 5.06. The summed E-state index contributed by atoms with van der Waals surface area (Å²) in [6.45, 7) is 0.532. The van der Waals surface area contributed by atoms with Crippen LogP contribution in [0.1, 0.15) is 0 Å². The Morgan fingerprint density at radius 3 is 2.26 bits per heavy atom. The maximum absolute atomic E-state index is 15.1. The minimum Gasteiger partial charge on any atom is -0.470 e. The molecule has 0 spiro atoms. The highest BCUT2D eigenvalue weighted by atomic mass is 19.1. The van der Waals surface area contributed by atoms with Crippen LogP contribution in [0.25, 0.3) is 33.4 Å². The van der Waals surface area contributed by atoms with Crippen molar-refractivity contribution in [3.8, 4) is 39.8 Å². The van der Waals surface area contributed by atoms with Gasteiger partial charge in [0, 0.05) is 30.1 Å². The van der Waals surface area contributed by atoms with E-state index in [0.29, 0.717) is 29.1 Å². The molecule has 9 heteroatoms. The lowest BCUT2D eigenvalue weighted by Crippen LogP contribution is -2.34. The molecule has 2 saturated heterocycles. The highest BCUT2D eigenvalue weighted by Crippen LogP contribution is 2.33. The molecule has 2 fully saturated rings. The predicted molar refractivity (Wildman–Crippen MR) is 141 cm³/mol. The molecule has 5 heterocycles. The van der Waals surface area contributed by atoms with Crippen LogP contribution in [-0.4, -0.2) is 57.7 Å². The summed E-state index contributed by atoms with van der Waals surface area (Å²) in [6.07, 6.45) is 1.62. The van der Waals surface area contributed by atoms with Gasteiger partial charge in [0.05, 0.1) is 24.2 Å². The molecule has 39 heavy (non-hydrogen) atoms. The number of nitrogens with zero attached hydrogens (tertiary/aromatic N) is 2. The van der Waals surface area contributed by atoms with Crippen molar-refractivity contribution in [1.82, 2.24) is 15.0 Å². The first-order chi connectivity index (χ1) is 19.1. The molecule has 3 aromatic heterocycles. The summed E-state index contributed by atoms with van der Waals surface area (Å²) < 4.78 is 38.2. The van der Waals surface area contributed by atoms with Crippen LogP contribution in [0.2, 0.25) is 0 Å². The van der Waals surface area contributed by atoms with E-state index < -0.39 is 11.9 Å². The van der Waals surface area contributed by atoms with Gasteiger partial charge in [0.25, 0.3) is 0 Å². The molecule has 2 N–H and O–H groups in total. The maximum atomic E-state index is 15.1. The van der Waals surface area contributed by atoms with E-state index in [2.05, 4.69) is 15.0 Å². The zero-order valence-electron chi connectivity index (χ0n) is 20.7. The zero-order chi connectivity index (χ0) is 26.3. The van der Waals surface area contributed by atoms with Crippen molar-refractivity contribution in [3.05, 3.63) is 91.0 Å². The van der Waals surface area contributed by atoms with E-state index >= 15 is 4.39 Å². The van der Waals surface area contributed by atoms with Gasteiger partial charge in [-0.3, -0.25) is 4.98 Å². The summed E-state index contributed by atoms with van der Waals surface area (Å²) in [7, 11) is 0. The third kappa shape index (κ3) is 4.61. The van der Waals surface area contributed by atoms with Crippen molar-refractivity contribution in [1.29, 1.82) is 0 Å². The number of nitrogens with one attached hydrogen (secondary N) is 1. The van der Waals surface area contributed by atoms with Crippen LogP contribution < -0.4 is 9.47 Å². The highest BCUT2D eigenvalue weighted by molar-refractivity contribution is 5.81. The number of hydrogen-bond donors (Lipinski definition) is 2. The summed E-state index contributed by atoms with van der Waals surface area (Å²) in [5, 5.41) is 9.94. The van der Waals surface area contributed by atoms with Crippen LogP contribution in [0.3, 0.4) is 0 Å². The van der Waals surface area contributed by atoms with Crippen molar-refractivity contribution in [3.63, 3.8) is 0 Å². The van der Waals surface area contributed by atoms with Gasteiger partial charge in [-0.15, -0.1) is 0 Å². The van der Waals surface area contributed by atoms with Gasteiger partial charge in [-0.25, -0.2) is 9.37 Å².